The van der Waals surface area contributed by atoms with Crippen molar-refractivity contribution in [3.05, 3.63) is 42.0 Å². The van der Waals surface area contributed by atoms with Crippen molar-refractivity contribution in [2.75, 3.05) is 7.11 Å². The average Bonchev–Trinajstić information content (AvgIpc) is 2.88. The summed E-state index contributed by atoms with van der Waals surface area (Å²) in [6, 6.07) is 7.21. The number of hydrogen-bond donors (Lipinski definition) is 1. The van der Waals surface area contributed by atoms with Gasteiger partial charge in [-0.1, -0.05) is 6.07 Å². The highest BCUT2D eigenvalue weighted by Gasteiger charge is 2.14. The van der Waals surface area contributed by atoms with Crippen LogP contribution in [0.5, 0.6) is 11.5 Å². The fourth-order valence-corrected chi connectivity index (χ4v) is 1.89. The van der Waals surface area contributed by atoms with Crippen LogP contribution in [0.3, 0.4) is 0 Å². The first-order valence-electron chi connectivity index (χ1n) is 6.20. The average molecular weight is 276 g/mol. The molecule has 0 atom stereocenters. The molecule has 0 unspecified atom stereocenters. The number of carboxylic acids is 1. The van der Waals surface area contributed by atoms with Crippen LogP contribution in [0, 0.1) is 0 Å². The van der Waals surface area contributed by atoms with Gasteiger partial charge in [0.15, 0.2) is 0 Å². The Hall–Kier alpha value is -2.50. The highest BCUT2D eigenvalue weighted by Crippen LogP contribution is 2.20. The Kier molecular flexibility index (Phi) is 4.24. The van der Waals surface area contributed by atoms with Gasteiger partial charge in [0.05, 0.1) is 13.3 Å². The van der Waals surface area contributed by atoms with Crippen LogP contribution in [0.2, 0.25) is 0 Å². The first-order chi connectivity index (χ1) is 9.65. The second-order valence-electron chi connectivity index (χ2n) is 4.08. The molecule has 1 aromatic heterocycles. The van der Waals surface area contributed by atoms with E-state index in [2.05, 4.69) is 4.98 Å². The summed E-state index contributed by atoms with van der Waals surface area (Å²) in [6.45, 7) is 2.59. The number of benzene rings is 1. The van der Waals surface area contributed by atoms with Crippen LogP contribution in [-0.2, 0) is 13.2 Å². The van der Waals surface area contributed by atoms with Crippen LogP contribution in [0.4, 0.5) is 0 Å². The number of imidazole rings is 1. The Morgan fingerprint density at radius 3 is 2.80 bits per heavy atom. The van der Waals surface area contributed by atoms with Gasteiger partial charge in [-0.2, -0.15) is 0 Å². The lowest BCUT2D eigenvalue weighted by molar-refractivity contribution is 0.0684. The molecule has 1 N–H and O–H groups in total. The predicted molar refractivity (Wildman–Crippen MR) is 72.2 cm³/mol. The molecule has 2 rings (SSSR count). The summed E-state index contributed by atoms with van der Waals surface area (Å²) in [5, 5.41) is 9.05. The molecule has 106 valence electrons. The molecule has 0 saturated heterocycles. The van der Waals surface area contributed by atoms with Crippen LogP contribution in [0.15, 0.2) is 30.5 Å². The van der Waals surface area contributed by atoms with Crippen molar-refractivity contribution in [1.29, 1.82) is 0 Å². The van der Waals surface area contributed by atoms with Crippen LogP contribution in [-0.4, -0.2) is 27.7 Å². The van der Waals surface area contributed by atoms with Gasteiger partial charge in [0.1, 0.15) is 29.6 Å². The molecule has 20 heavy (non-hydrogen) atoms. The number of nitrogens with zero attached hydrogens (tertiary/aromatic N) is 2. The maximum absolute atomic E-state index is 11.0. The van der Waals surface area contributed by atoms with Gasteiger partial charge in [-0.05, 0) is 19.1 Å². The van der Waals surface area contributed by atoms with E-state index in [9.17, 15) is 4.79 Å². The number of methoxy groups -OCH3 is 1. The number of hydrogen-bond acceptors (Lipinski definition) is 4. The monoisotopic (exact) mass is 276 g/mol. The van der Waals surface area contributed by atoms with Crippen molar-refractivity contribution in [3.8, 4) is 11.5 Å². The van der Waals surface area contributed by atoms with E-state index >= 15 is 0 Å². The standard InChI is InChI=1S/C14H16N2O4/c1-3-16-12(14(17)18)8-15-13(16)9-20-11-6-4-5-10(7-11)19-2/h4-8H,3,9H2,1-2H3,(H,17,18). The van der Waals surface area contributed by atoms with E-state index < -0.39 is 5.97 Å². The number of ether oxygens (including phenoxy) is 2. The maximum Gasteiger partial charge on any atom is 0.354 e. The van der Waals surface area contributed by atoms with Crippen molar-refractivity contribution < 1.29 is 19.4 Å². The lowest BCUT2D eigenvalue weighted by atomic mass is 10.3. The van der Waals surface area contributed by atoms with Gasteiger partial charge in [0.2, 0.25) is 0 Å². The summed E-state index contributed by atoms with van der Waals surface area (Å²) in [5.41, 5.74) is 0.164. The van der Waals surface area contributed by atoms with Crippen molar-refractivity contribution in [2.24, 2.45) is 0 Å². The molecule has 6 nitrogen and oxygen atoms in total. The summed E-state index contributed by atoms with van der Waals surface area (Å²) >= 11 is 0. The largest absolute Gasteiger partial charge is 0.497 e. The Morgan fingerprint density at radius 2 is 2.15 bits per heavy atom. The molecule has 0 bridgehead atoms. The number of aromatic nitrogens is 2. The van der Waals surface area contributed by atoms with Crippen molar-refractivity contribution >= 4 is 5.97 Å². The molecule has 0 aliphatic heterocycles. The maximum atomic E-state index is 11.0. The minimum absolute atomic E-state index is 0.164. The van der Waals surface area contributed by atoms with Gasteiger partial charge >= 0.3 is 5.97 Å². The van der Waals surface area contributed by atoms with Crippen molar-refractivity contribution in [2.45, 2.75) is 20.1 Å². The highest BCUT2D eigenvalue weighted by atomic mass is 16.5. The zero-order valence-corrected chi connectivity index (χ0v) is 11.4. The number of rotatable bonds is 6. The number of carbonyl (C=O) groups is 1. The van der Waals surface area contributed by atoms with Gasteiger partial charge in [-0.3, -0.25) is 0 Å². The second kappa shape index (κ2) is 6.10. The molecule has 2 aromatic rings. The van der Waals surface area contributed by atoms with Crippen molar-refractivity contribution in [3.63, 3.8) is 0 Å². The van der Waals surface area contributed by atoms with E-state index in [1.54, 1.807) is 23.8 Å². The smallest absolute Gasteiger partial charge is 0.354 e. The Balaban J connectivity index is 2.12. The summed E-state index contributed by atoms with van der Waals surface area (Å²) in [6.07, 6.45) is 1.34. The van der Waals surface area contributed by atoms with E-state index in [-0.39, 0.29) is 12.3 Å². The molecule has 1 heterocycles. The summed E-state index contributed by atoms with van der Waals surface area (Å²) in [4.78, 5) is 15.1. The fraction of sp³-hybridized carbons (Fsp3) is 0.286. The van der Waals surface area contributed by atoms with Gasteiger partial charge in [-0.25, -0.2) is 9.78 Å². The zero-order valence-electron chi connectivity index (χ0n) is 11.4. The number of carboxylic acid groups (broad SMARTS) is 1. The third-order valence-corrected chi connectivity index (χ3v) is 2.88. The lowest BCUT2D eigenvalue weighted by Gasteiger charge is -2.09. The normalized spacial score (nSPS) is 10.3. The SMILES string of the molecule is CCn1c(C(=O)O)cnc1COc1cccc(OC)c1. The molecule has 0 fully saturated rings. The Labute approximate surface area is 116 Å². The molecule has 0 spiro atoms. The van der Waals surface area contributed by atoms with Gasteiger partial charge in [0, 0.05) is 12.6 Å². The molecule has 0 aliphatic carbocycles. The van der Waals surface area contributed by atoms with Crippen LogP contribution < -0.4 is 9.47 Å². The van der Waals surface area contributed by atoms with Crippen LogP contribution in [0.25, 0.3) is 0 Å². The number of aromatic carboxylic acids is 1. The molecule has 1 aromatic carbocycles. The third-order valence-electron chi connectivity index (χ3n) is 2.88. The summed E-state index contributed by atoms with van der Waals surface area (Å²) < 4.78 is 12.3. The quantitative estimate of drug-likeness (QED) is 0.875. The third kappa shape index (κ3) is 2.90. The first kappa shape index (κ1) is 13.9. The molecule has 0 radical (unpaired) electrons. The molecular formula is C14H16N2O4. The lowest BCUT2D eigenvalue weighted by Crippen LogP contribution is -2.12. The predicted octanol–water partition coefficient (Wildman–Crippen LogP) is 2.19. The Bertz CT molecular complexity index is 607. The topological polar surface area (TPSA) is 73.6 Å². The van der Waals surface area contributed by atoms with Crippen LogP contribution in [0.1, 0.15) is 23.2 Å². The van der Waals surface area contributed by atoms with Gasteiger partial charge in [0.25, 0.3) is 0 Å². The molecule has 6 heteroatoms. The molecule has 0 aliphatic rings. The van der Waals surface area contributed by atoms with E-state index in [4.69, 9.17) is 14.6 Å². The zero-order chi connectivity index (χ0) is 14.5. The Morgan fingerprint density at radius 1 is 1.40 bits per heavy atom. The van der Waals surface area contributed by atoms with Crippen molar-refractivity contribution in [1.82, 2.24) is 9.55 Å². The minimum atomic E-state index is -0.994. The summed E-state index contributed by atoms with van der Waals surface area (Å²) in [7, 11) is 1.59. The molecule has 0 amide bonds. The van der Waals surface area contributed by atoms with E-state index in [0.29, 0.717) is 23.9 Å². The van der Waals surface area contributed by atoms with E-state index in [1.807, 2.05) is 19.1 Å². The van der Waals surface area contributed by atoms with Crippen LogP contribution >= 0.6 is 0 Å². The second-order valence-corrected chi connectivity index (χ2v) is 4.08. The highest BCUT2D eigenvalue weighted by molar-refractivity contribution is 5.85. The molecular weight excluding hydrogens is 260 g/mol. The van der Waals surface area contributed by atoms with E-state index in [1.165, 1.54) is 6.20 Å². The van der Waals surface area contributed by atoms with E-state index in [0.717, 1.165) is 0 Å². The molecule has 0 saturated carbocycles. The van der Waals surface area contributed by atoms with Gasteiger partial charge < -0.3 is 19.1 Å². The fourth-order valence-electron chi connectivity index (χ4n) is 1.89. The first-order valence-corrected chi connectivity index (χ1v) is 6.20. The summed E-state index contributed by atoms with van der Waals surface area (Å²) in [5.74, 6) is 0.930. The minimum Gasteiger partial charge on any atom is -0.497 e. The van der Waals surface area contributed by atoms with Gasteiger partial charge in [-0.15, -0.1) is 0 Å².